The number of aromatic nitrogens is 1. The molecule has 0 aliphatic carbocycles. The lowest BCUT2D eigenvalue weighted by Crippen LogP contribution is -2.25. The minimum Gasteiger partial charge on any atom is -0.371 e. The van der Waals surface area contributed by atoms with Crippen molar-refractivity contribution in [1.29, 1.82) is 0 Å². The Balaban J connectivity index is 1.39. The molecule has 0 atom stereocenters. The van der Waals surface area contributed by atoms with Crippen molar-refractivity contribution in [3.63, 3.8) is 0 Å². The summed E-state index contributed by atoms with van der Waals surface area (Å²) < 4.78 is 0. The number of nitrogens with zero attached hydrogens (tertiary/aromatic N) is 2. The first-order chi connectivity index (χ1) is 9.93. The van der Waals surface area contributed by atoms with Crippen LogP contribution in [0.25, 0.3) is 0 Å². The van der Waals surface area contributed by atoms with Crippen molar-refractivity contribution in [3.8, 4) is 0 Å². The lowest BCUT2D eigenvalue weighted by molar-refractivity contribution is 0.631. The van der Waals surface area contributed by atoms with Crippen molar-refractivity contribution >= 4 is 5.69 Å². The third-order valence-electron chi connectivity index (χ3n) is 3.80. The van der Waals surface area contributed by atoms with E-state index in [2.05, 4.69) is 45.5 Å². The second-order valence-electron chi connectivity index (χ2n) is 5.22. The number of rotatable bonds is 6. The monoisotopic (exact) mass is 267 g/mol. The van der Waals surface area contributed by atoms with E-state index in [-0.39, 0.29) is 0 Å². The fourth-order valence-corrected chi connectivity index (χ4v) is 2.75. The Morgan fingerprint density at radius 3 is 2.90 bits per heavy atom. The van der Waals surface area contributed by atoms with Gasteiger partial charge in [0.05, 0.1) is 5.69 Å². The van der Waals surface area contributed by atoms with E-state index in [1.807, 2.05) is 18.3 Å². The Hall–Kier alpha value is -1.87. The number of benzene rings is 1. The molecule has 0 saturated carbocycles. The SMILES string of the molecule is c1ccc(CNCCCN2CCc3ccccc32)nc1. The van der Waals surface area contributed by atoms with Crippen LogP contribution in [0.15, 0.2) is 48.7 Å². The zero-order valence-electron chi connectivity index (χ0n) is 11.8. The van der Waals surface area contributed by atoms with E-state index in [4.69, 9.17) is 0 Å². The van der Waals surface area contributed by atoms with E-state index >= 15 is 0 Å². The molecule has 0 unspecified atom stereocenters. The van der Waals surface area contributed by atoms with Crippen LogP contribution >= 0.6 is 0 Å². The van der Waals surface area contributed by atoms with Crippen molar-refractivity contribution in [2.45, 2.75) is 19.4 Å². The highest BCUT2D eigenvalue weighted by Gasteiger charge is 2.16. The first kappa shape index (κ1) is 13.1. The van der Waals surface area contributed by atoms with Crippen LogP contribution in [-0.2, 0) is 13.0 Å². The maximum atomic E-state index is 4.31. The summed E-state index contributed by atoms with van der Waals surface area (Å²) in [6, 6.07) is 14.8. The maximum absolute atomic E-state index is 4.31. The molecule has 3 rings (SSSR count). The molecule has 104 valence electrons. The molecule has 3 nitrogen and oxygen atoms in total. The van der Waals surface area contributed by atoms with Crippen molar-refractivity contribution in [1.82, 2.24) is 10.3 Å². The lowest BCUT2D eigenvalue weighted by Gasteiger charge is -2.19. The number of hydrogen-bond donors (Lipinski definition) is 1. The topological polar surface area (TPSA) is 28.2 Å². The molecule has 1 aromatic carbocycles. The van der Waals surface area contributed by atoms with Crippen LogP contribution in [0, 0.1) is 0 Å². The normalized spacial score (nSPS) is 13.5. The number of anilines is 1. The maximum Gasteiger partial charge on any atom is 0.0541 e. The number of nitrogens with one attached hydrogen (secondary N) is 1. The minimum atomic E-state index is 0.859. The number of fused-ring (bicyclic) bond motifs is 1. The second kappa shape index (κ2) is 6.53. The zero-order valence-corrected chi connectivity index (χ0v) is 11.8. The van der Waals surface area contributed by atoms with Crippen LogP contribution in [0.1, 0.15) is 17.7 Å². The highest BCUT2D eigenvalue weighted by Crippen LogP contribution is 2.27. The average molecular weight is 267 g/mol. The number of para-hydroxylation sites is 1. The van der Waals surface area contributed by atoms with E-state index in [1.165, 1.54) is 30.6 Å². The molecule has 20 heavy (non-hydrogen) atoms. The molecular weight excluding hydrogens is 246 g/mol. The van der Waals surface area contributed by atoms with Gasteiger partial charge >= 0.3 is 0 Å². The summed E-state index contributed by atoms with van der Waals surface area (Å²) in [4.78, 5) is 6.81. The molecule has 1 N–H and O–H groups in total. The molecule has 1 aromatic heterocycles. The van der Waals surface area contributed by atoms with Crippen LogP contribution < -0.4 is 10.2 Å². The Kier molecular flexibility index (Phi) is 4.28. The molecule has 1 aliphatic rings. The molecule has 2 aromatic rings. The molecule has 0 bridgehead atoms. The standard InChI is InChI=1S/C17H21N3/c1-2-8-17-15(6-1)9-13-20(17)12-5-10-18-14-16-7-3-4-11-19-16/h1-4,6-8,11,18H,5,9-10,12-14H2. The van der Waals surface area contributed by atoms with Gasteiger partial charge in [-0.3, -0.25) is 4.98 Å². The Morgan fingerprint density at radius 1 is 1.10 bits per heavy atom. The molecule has 2 heterocycles. The molecule has 1 aliphatic heterocycles. The summed E-state index contributed by atoms with van der Waals surface area (Å²) in [7, 11) is 0. The summed E-state index contributed by atoms with van der Waals surface area (Å²) >= 11 is 0. The Morgan fingerprint density at radius 2 is 2.00 bits per heavy atom. The van der Waals surface area contributed by atoms with E-state index in [0.29, 0.717) is 0 Å². The fourth-order valence-electron chi connectivity index (χ4n) is 2.75. The largest absolute Gasteiger partial charge is 0.371 e. The van der Waals surface area contributed by atoms with Gasteiger partial charge in [0.15, 0.2) is 0 Å². The van der Waals surface area contributed by atoms with Crippen LogP contribution in [-0.4, -0.2) is 24.6 Å². The smallest absolute Gasteiger partial charge is 0.0541 e. The summed E-state index contributed by atoms with van der Waals surface area (Å²) in [5.41, 5.74) is 4.03. The highest BCUT2D eigenvalue weighted by atomic mass is 15.1. The van der Waals surface area contributed by atoms with Gasteiger partial charge in [-0.25, -0.2) is 0 Å². The van der Waals surface area contributed by atoms with Crippen LogP contribution in [0.2, 0.25) is 0 Å². The lowest BCUT2D eigenvalue weighted by atomic mass is 10.2. The van der Waals surface area contributed by atoms with Gasteiger partial charge in [-0.05, 0) is 43.1 Å². The van der Waals surface area contributed by atoms with Gasteiger partial charge in [0.2, 0.25) is 0 Å². The van der Waals surface area contributed by atoms with Crippen LogP contribution in [0.3, 0.4) is 0 Å². The van der Waals surface area contributed by atoms with Gasteiger partial charge in [0.25, 0.3) is 0 Å². The summed E-state index contributed by atoms with van der Waals surface area (Å²) in [5, 5.41) is 3.46. The average Bonchev–Trinajstić information content (AvgIpc) is 2.91. The predicted octanol–water partition coefficient (Wildman–Crippen LogP) is 2.62. The van der Waals surface area contributed by atoms with Gasteiger partial charge in [-0.2, -0.15) is 0 Å². The van der Waals surface area contributed by atoms with Crippen molar-refractivity contribution < 1.29 is 0 Å². The quantitative estimate of drug-likeness (QED) is 0.816. The van der Waals surface area contributed by atoms with E-state index in [9.17, 15) is 0 Å². The third-order valence-corrected chi connectivity index (χ3v) is 3.80. The number of hydrogen-bond acceptors (Lipinski definition) is 3. The van der Waals surface area contributed by atoms with Crippen molar-refractivity contribution in [2.24, 2.45) is 0 Å². The predicted molar refractivity (Wildman–Crippen MR) is 82.9 cm³/mol. The van der Waals surface area contributed by atoms with E-state index in [0.717, 1.165) is 25.3 Å². The summed E-state index contributed by atoms with van der Waals surface area (Å²) in [6.45, 7) is 4.19. The highest BCUT2D eigenvalue weighted by molar-refractivity contribution is 5.57. The van der Waals surface area contributed by atoms with E-state index in [1.54, 1.807) is 0 Å². The first-order valence-electron chi connectivity index (χ1n) is 7.37. The molecule has 3 heteroatoms. The van der Waals surface area contributed by atoms with Crippen LogP contribution in [0.5, 0.6) is 0 Å². The third kappa shape index (κ3) is 3.17. The van der Waals surface area contributed by atoms with Gasteiger partial charge in [-0.15, -0.1) is 0 Å². The molecule has 0 saturated heterocycles. The summed E-state index contributed by atoms with van der Waals surface area (Å²) in [6.07, 6.45) is 4.21. The van der Waals surface area contributed by atoms with Gasteiger partial charge in [-0.1, -0.05) is 24.3 Å². The molecule has 0 spiro atoms. The molecule has 0 radical (unpaired) electrons. The molecule has 0 fully saturated rings. The minimum absolute atomic E-state index is 0.859. The van der Waals surface area contributed by atoms with E-state index < -0.39 is 0 Å². The Labute approximate surface area is 120 Å². The first-order valence-corrected chi connectivity index (χ1v) is 7.37. The number of pyridine rings is 1. The van der Waals surface area contributed by atoms with Crippen molar-refractivity contribution in [3.05, 3.63) is 59.9 Å². The second-order valence-corrected chi connectivity index (χ2v) is 5.22. The Bertz CT molecular complexity index is 539. The van der Waals surface area contributed by atoms with Crippen molar-refractivity contribution in [2.75, 3.05) is 24.5 Å². The van der Waals surface area contributed by atoms with Gasteiger partial charge in [0, 0.05) is 31.5 Å². The fraction of sp³-hybridized carbons (Fsp3) is 0.353. The molecule has 0 amide bonds. The zero-order chi connectivity index (χ0) is 13.6. The van der Waals surface area contributed by atoms with Gasteiger partial charge in [0.1, 0.15) is 0 Å². The molecular formula is C17H21N3. The van der Waals surface area contributed by atoms with Gasteiger partial charge < -0.3 is 10.2 Å². The summed E-state index contributed by atoms with van der Waals surface area (Å²) in [5.74, 6) is 0. The van der Waals surface area contributed by atoms with Crippen LogP contribution in [0.4, 0.5) is 5.69 Å².